The van der Waals surface area contributed by atoms with Crippen LogP contribution in [0.15, 0.2) is 57.5 Å². The monoisotopic (exact) mass is 415 g/mol. The predicted octanol–water partition coefficient (Wildman–Crippen LogP) is 6.73. The Bertz CT molecular complexity index is 777. The molecule has 1 fully saturated rings. The maximum Gasteiger partial charge on any atom is 0.119 e. The molecule has 3 aliphatic rings. The molecule has 0 N–H and O–H groups in total. The number of thioether (sulfide) groups is 1. The number of allylic oxidation sites excluding steroid dienone is 5. The minimum Gasteiger partial charge on any atom is -0.494 e. The highest BCUT2D eigenvalue weighted by atomic mass is 35.5. The van der Waals surface area contributed by atoms with E-state index in [2.05, 4.69) is 54.3 Å². The van der Waals surface area contributed by atoms with Gasteiger partial charge in [0.05, 0.1) is 11.6 Å². The zero-order valence-electron chi connectivity index (χ0n) is 16.7. The second-order valence-corrected chi connectivity index (χ2v) is 9.55. The minimum atomic E-state index is 0.650. The molecule has 2 aliphatic heterocycles. The zero-order valence-corrected chi connectivity index (χ0v) is 18.3. The zero-order chi connectivity index (χ0) is 19.3. The van der Waals surface area contributed by atoms with E-state index in [0.717, 1.165) is 62.1 Å². The highest BCUT2D eigenvalue weighted by molar-refractivity contribution is 8.06. The summed E-state index contributed by atoms with van der Waals surface area (Å²) in [6.45, 7) is 5.34. The molecule has 2 heterocycles. The van der Waals surface area contributed by atoms with Crippen molar-refractivity contribution >= 4 is 23.4 Å². The van der Waals surface area contributed by atoms with Gasteiger partial charge in [-0.25, -0.2) is 0 Å². The first-order valence-corrected chi connectivity index (χ1v) is 11.8. The maximum absolute atomic E-state index is 6.23. The molecule has 0 amide bonds. The molecule has 4 rings (SSSR count). The highest BCUT2D eigenvalue weighted by Crippen LogP contribution is 2.45. The third-order valence-electron chi connectivity index (χ3n) is 6.11. The molecule has 0 radical (unpaired) electrons. The number of benzene rings is 1. The van der Waals surface area contributed by atoms with Gasteiger partial charge in [-0.1, -0.05) is 54.6 Å². The van der Waals surface area contributed by atoms with Crippen molar-refractivity contribution in [3.8, 4) is 5.75 Å². The summed E-state index contributed by atoms with van der Waals surface area (Å²) in [5.74, 6) is 2.44. The molecule has 1 aliphatic carbocycles. The lowest BCUT2D eigenvalue weighted by atomic mass is 9.93. The van der Waals surface area contributed by atoms with E-state index in [0.29, 0.717) is 5.92 Å². The Hall–Kier alpha value is -1.32. The van der Waals surface area contributed by atoms with E-state index in [4.69, 9.17) is 16.3 Å². The molecule has 2 nitrogen and oxygen atoms in total. The minimum absolute atomic E-state index is 0.650. The van der Waals surface area contributed by atoms with Crippen LogP contribution in [0.4, 0.5) is 0 Å². The number of aryl methyl sites for hydroxylation is 1. The first-order chi connectivity index (χ1) is 13.7. The fourth-order valence-electron chi connectivity index (χ4n) is 4.25. The van der Waals surface area contributed by atoms with Crippen LogP contribution in [0.1, 0.15) is 44.6 Å². The SMILES string of the molecule is CCc1cccc(OCCC2CCN(C3=CCC4CC=C(Cl)C=C4S3)CC2)c1. The molecule has 0 spiro atoms. The number of rotatable bonds is 6. The topological polar surface area (TPSA) is 12.5 Å². The van der Waals surface area contributed by atoms with Gasteiger partial charge in [-0.15, -0.1) is 0 Å². The van der Waals surface area contributed by atoms with Crippen molar-refractivity contribution in [2.75, 3.05) is 19.7 Å². The third-order valence-corrected chi connectivity index (χ3v) is 7.69. The fraction of sp³-hybridized carbons (Fsp3) is 0.500. The summed E-state index contributed by atoms with van der Waals surface area (Å²) in [4.78, 5) is 4.03. The van der Waals surface area contributed by atoms with Crippen molar-refractivity contribution in [1.82, 2.24) is 4.90 Å². The molecule has 1 saturated heterocycles. The van der Waals surface area contributed by atoms with Gasteiger partial charge >= 0.3 is 0 Å². The van der Waals surface area contributed by atoms with Gasteiger partial charge in [-0.3, -0.25) is 0 Å². The summed E-state index contributed by atoms with van der Waals surface area (Å²) in [6, 6.07) is 8.50. The number of nitrogens with zero attached hydrogens (tertiary/aromatic N) is 1. The summed E-state index contributed by atoms with van der Waals surface area (Å²) in [5, 5.41) is 2.35. The smallest absolute Gasteiger partial charge is 0.119 e. The van der Waals surface area contributed by atoms with Crippen LogP contribution in [-0.2, 0) is 6.42 Å². The number of likely N-dealkylation sites (tertiary alicyclic amines) is 1. The largest absolute Gasteiger partial charge is 0.494 e. The standard InChI is InChI=1S/C24H30ClNOS/c1-2-18-4-3-5-22(16-18)27-15-12-19-10-13-26(14-11-19)24-9-7-20-6-8-21(25)17-23(20)28-24/h3-5,8-9,16-17,19-20H,2,6-7,10-15H2,1H3. The quantitative estimate of drug-likeness (QED) is 0.510. The van der Waals surface area contributed by atoms with Crippen molar-refractivity contribution < 1.29 is 4.74 Å². The van der Waals surface area contributed by atoms with Crippen LogP contribution in [0.25, 0.3) is 0 Å². The van der Waals surface area contributed by atoms with E-state index in [1.54, 1.807) is 0 Å². The molecule has 4 heteroatoms. The van der Waals surface area contributed by atoms with E-state index in [1.807, 2.05) is 11.8 Å². The van der Waals surface area contributed by atoms with Crippen LogP contribution in [0.5, 0.6) is 5.75 Å². The average molecular weight is 416 g/mol. The Morgan fingerprint density at radius 3 is 2.82 bits per heavy atom. The molecule has 0 aromatic heterocycles. The summed E-state index contributed by atoms with van der Waals surface area (Å²) in [5.41, 5.74) is 1.34. The molecule has 1 atom stereocenters. The van der Waals surface area contributed by atoms with E-state index < -0.39 is 0 Å². The number of hydrogen-bond donors (Lipinski definition) is 0. The highest BCUT2D eigenvalue weighted by Gasteiger charge is 2.27. The van der Waals surface area contributed by atoms with Crippen LogP contribution in [-0.4, -0.2) is 24.6 Å². The van der Waals surface area contributed by atoms with Crippen LogP contribution in [0.3, 0.4) is 0 Å². The van der Waals surface area contributed by atoms with Crippen LogP contribution >= 0.6 is 23.4 Å². The van der Waals surface area contributed by atoms with E-state index in [1.165, 1.54) is 28.3 Å². The number of ether oxygens (including phenoxy) is 1. The van der Waals surface area contributed by atoms with E-state index in [9.17, 15) is 0 Å². The van der Waals surface area contributed by atoms with Crippen LogP contribution < -0.4 is 4.74 Å². The first kappa shape index (κ1) is 20.0. The molecule has 1 unspecified atom stereocenters. The van der Waals surface area contributed by atoms with Crippen molar-refractivity contribution in [3.05, 3.63) is 63.0 Å². The molecule has 0 saturated carbocycles. The molecule has 28 heavy (non-hydrogen) atoms. The fourth-order valence-corrected chi connectivity index (χ4v) is 5.80. The molecular formula is C24H30ClNOS. The third kappa shape index (κ3) is 4.99. The summed E-state index contributed by atoms with van der Waals surface area (Å²) >= 11 is 8.17. The Labute approximate surface area is 178 Å². The van der Waals surface area contributed by atoms with Gasteiger partial charge in [0.25, 0.3) is 0 Å². The maximum atomic E-state index is 6.23. The van der Waals surface area contributed by atoms with Crippen molar-refractivity contribution in [3.63, 3.8) is 0 Å². The molecule has 1 aromatic carbocycles. The van der Waals surface area contributed by atoms with E-state index >= 15 is 0 Å². The molecule has 1 aromatic rings. The Kier molecular flexibility index (Phi) is 6.74. The van der Waals surface area contributed by atoms with Gasteiger partial charge in [0.1, 0.15) is 5.75 Å². The van der Waals surface area contributed by atoms with Crippen molar-refractivity contribution in [2.45, 2.75) is 45.4 Å². The van der Waals surface area contributed by atoms with Gasteiger partial charge in [0, 0.05) is 18.1 Å². The van der Waals surface area contributed by atoms with Gasteiger partial charge in [-0.2, -0.15) is 0 Å². The van der Waals surface area contributed by atoms with Gasteiger partial charge in [-0.05, 0) is 79.0 Å². The van der Waals surface area contributed by atoms with Gasteiger partial charge in [0.15, 0.2) is 0 Å². The first-order valence-electron chi connectivity index (χ1n) is 10.6. The molecular weight excluding hydrogens is 386 g/mol. The van der Waals surface area contributed by atoms with Gasteiger partial charge < -0.3 is 9.64 Å². The lowest BCUT2D eigenvalue weighted by Gasteiger charge is -2.37. The predicted molar refractivity (Wildman–Crippen MR) is 121 cm³/mol. The second kappa shape index (κ2) is 9.45. The second-order valence-electron chi connectivity index (χ2n) is 8.02. The Balaban J connectivity index is 1.22. The Morgan fingerprint density at radius 1 is 1.18 bits per heavy atom. The van der Waals surface area contributed by atoms with Crippen LogP contribution in [0, 0.1) is 11.8 Å². The number of fused-ring (bicyclic) bond motifs is 1. The lowest BCUT2D eigenvalue weighted by molar-refractivity contribution is 0.198. The molecule has 0 bridgehead atoms. The summed E-state index contributed by atoms with van der Waals surface area (Å²) < 4.78 is 6.01. The molecule has 150 valence electrons. The number of halogens is 1. The summed E-state index contributed by atoms with van der Waals surface area (Å²) in [6.07, 6.45) is 13.8. The number of hydrogen-bond acceptors (Lipinski definition) is 3. The average Bonchev–Trinajstić information content (AvgIpc) is 2.74. The van der Waals surface area contributed by atoms with Crippen LogP contribution in [0.2, 0.25) is 0 Å². The number of piperidine rings is 1. The van der Waals surface area contributed by atoms with Crippen molar-refractivity contribution in [2.24, 2.45) is 11.8 Å². The van der Waals surface area contributed by atoms with Gasteiger partial charge in [0.2, 0.25) is 0 Å². The lowest BCUT2D eigenvalue weighted by Crippen LogP contribution is -2.33. The summed E-state index contributed by atoms with van der Waals surface area (Å²) in [7, 11) is 0. The van der Waals surface area contributed by atoms with E-state index in [-0.39, 0.29) is 0 Å². The van der Waals surface area contributed by atoms with Crippen molar-refractivity contribution in [1.29, 1.82) is 0 Å². The normalized spacial score (nSPS) is 22.9. The Morgan fingerprint density at radius 2 is 2.00 bits per heavy atom.